The molecular weight excluding hydrogens is 364 g/mol. The van der Waals surface area contributed by atoms with Crippen LogP contribution in [0.2, 0.25) is 0 Å². The molecule has 0 saturated carbocycles. The Balaban J connectivity index is 1.17. The predicted molar refractivity (Wildman–Crippen MR) is 116 cm³/mol. The van der Waals surface area contributed by atoms with Crippen molar-refractivity contribution in [3.05, 3.63) is 66.4 Å². The SMILES string of the molecule is OC(CCCCN1CCN(c2ccccc2)CC1)c1ccc2c(c1)OCC=CO2. The van der Waals surface area contributed by atoms with Crippen LogP contribution in [0.25, 0.3) is 0 Å². The van der Waals surface area contributed by atoms with Crippen LogP contribution in [0.4, 0.5) is 5.69 Å². The summed E-state index contributed by atoms with van der Waals surface area (Å²) in [4.78, 5) is 4.99. The largest absolute Gasteiger partial charge is 0.485 e. The Morgan fingerprint density at radius 1 is 0.931 bits per heavy atom. The number of rotatable bonds is 7. The average molecular weight is 395 g/mol. The zero-order valence-electron chi connectivity index (χ0n) is 16.9. The van der Waals surface area contributed by atoms with Crippen molar-refractivity contribution in [2.24, 2.45) is 0 Å². The van der Waals surface area contributed by atoms with E-state index in [1.807, 2.05) is 24.3 Å². The van der Waals surface area contributed by atoms with Crippen LogP contribution >= 0.6 is 0 Å². The zero-order chi connectivity index (χ0) is 19.9. The maximum atomic E-state index is 10.6. The van der Waals surface area contributed by atoms with Crippen LogP contribution in [0.5, 0.6) is 11.5 Å². The first-order valence-electron chi connectivity index (χ1n) is 10.6. The first-order valence-corrected chi connectivity index (χ1v) is 10.6. The van der Waals surface area contributed by atoms with E-state index in [1.54, 1.807) is 6.26 Å². The van der Waals surface area contributed by atoms with Crippen LogP contribution < -0.4 is 14.4 Å². The zero-order valence-corrected chi connectivity index (χ0v) is 16.9. The Kier molecular flexibility index (Phi) is 6.70. The van der Waals surface area contributed by atoms with Crippen LogP contribution in [-0.4, -0.2) is 49.3 Å². The Morgan fingerprint density at radius 2 is 1.76 bits per heavy atom. The van der Waals surface area contributed by atoms with Crippen LogP contribution in [0, 0.1) is 0 Å². The molecule has 0 aliphatic carbocycles. The highest BCUT2D eigenvalue weighted by Crippen LogP contribution is 2.33. The summed E-state index contributed by atoms with van der Waals surface area (Å²) in [6.07, 6.45) is 5.89. The molecular formula is C24H30N2O3. The predicted octanol–water partition coefficient (Wildman–Crippen LogP) is 4.00. The molecule has 2 aromatic rings. The summed E-state index contributed by atoms with van der Waals surface area (Å²) in [6, 6.07) is 16.3. The molecule has 5 heteroatoms. The first kappa shape index (κ1) is 19.8. The molecule has 0 aromatic heterocycles. The molecule has 1 atom stereocenters. The van der Waals surface area contributed by atoms with Crippen molar-refractivity contribution in [1.82, 2.24) is 4.90 Å². The van der Waals surface area contributed by atoms with Crippen molar-refractivity contribution in [3.63, 3.8) is 0 Å². The Bertz CT molecular complexity index is 801. The molecule has 1 saturated heterocycles. The normalized spacial score (nSPS) is 17.8. The van der Waals surface area contributed by atoms with Gasteiger partial charge in [-0.25, -0.2) is 0 Å². The van der Waals surface area contributed by atoms with Gasteiger partial charge in [0.05, 0.1) is 12.4 Å². The third kappa shape index (κ3) is 5.31. The van der Waals surface area contributed by atoms with Crippen molar-refractivity contribution >= 4 is 5.69 Å². The number of nitrogens with zero attached hydrogens (tertiary/aromatic N) is 2. The molecule has 5 nitrogen and oxygen atoms in total. The molecule has 154 valence electrons. The number of unbranched alkanes of at least 4 members (excludes halogenated alkanes) is 1. The quantitative estimate of drug-likeness (QED) is 0.720. The lowest BCUT2D eigenvalue weighted by Gasteiger charge is -2.36. The third-order valence-electron chi connectivity index (χ3n) is 5.67. The van der Waals surface area contributed by atoms with E-state index in [0.717, 1.165) is 57.5 Å². The van der Waals surface area contributed by atoms with Gasteiger partial charge in [0.1, 0.15) is 6.61 Å². The molecule has 2 aliphatic rings. The third-order valence-corrected chi connectivity index (χ3v) is 5.67. The molecule has 4 rings (SSSR count). The molecule has 1 N–H and O–H groups in total. The van der Waals surface area contributed by atoms with Gasteiger partial charge in [0.25, 0.3) is 0 Å². The van der Waals surface area contributed by atoms with E-state index in [1.165, 1.54) is 5.69 Å². The molecule has 0 spiro atoms. The second-order valence-electron chi connectivity index (χ2n) is 7.68. The van der Waals surface area contributed by atoms with Gasteiger partial charge in [-0.1, -0.05) is 24.3 Å². The van der Waals surface area contributed by atoms with Gasteiger partial charge in [-0.05, 0) is 61.7 Å². The van der Waals surface area contributed by atoms with E-state index in [4.69, 9.17) is 9.47 Å². The molecule has 0 radical (unpaired) electrons. The molecule has 2 aliphatic heterocycles. The number of hydrogen-bond acceptors (Lipinski definition) is 5. The monoisotopic (exact) mass is 394 g/mol. The first-order chi connectivity index (χ1) is 14.3. The smallest absolute Gasteiger partial charge is 0.168 e. The number of benzene rings is 2. The topological polar surface area (TPSA) is 45.2 Å². The summed E-state index contributed by atoms with van der Waals surface area (Å²) >= 11 is 0. The maximum Gasteiger partial charge on any atom is 0.168 e. The van der Waals surface area contributed by atoms with Gasteiger partial charge in [0.15, 0.2) is 11.5 Å². The van der Waals surface area contributed by atoms with E-state index < -0.39 is 6.10 Å². The summed E-state index contributed by atoms with van der Waals surface area (Å²) in [5.74, 6) is 1.40. The number of aliphatic hydroxyl groups is 1. The molecule has 2 aromatic carbocycles. The standard InChI is InChI=1S/C24H30N2O3/c27-22(20-10-11-23-24(19-20)29-18-6-17-28-23)9-4-5-12-25-13-15-26(16-14-25)21-7-2-1-3-8-21/h1-3,6-8,10-11,17,19,22,27H,4-5,9,12-16,18H2. The lowest BCUT2D eigenvalue weighted by Crippen LogP contribution is -2.46. The van der Waals surface area contributed by atoms with Gasteiger partial charge in [0.2, 0.25) is 0 Å². The van der Waals surface area contributed by atoms with Gasteiger partial charge >= 0.3 is 0 Å². The number of anilines is 1. The fourth-order valence-electron chi connectivity index (χ4n) is 3.95. The highest BCUT2D eigenvalue weighted by atomic mass is 16.5. The second-order valence-corrected chi connectivity index (χ2v) is 7.68. The number of piperazine rings is 1. The fraction of sp³-hybridized carbons (Fsp3) is 0.417. The van der Waals surface area contributed by atoms with Crippen LogP contribution in [0.3, 0.4) is 0 Å². The molecule has 2 heterocycles. The van der Waals surface area contributed by atoms with Crippen LogP contribution in [0.1, 0.15) is 30.9 Å². The highest BCUT2D eigenvalue weighted by molar-refractivity contribution is 5.46. The minimum atomic E-state index is -0.463. The van der Waals surface area contributed by atoms with Crippen molar-refractivity contribution in [2.75, 3.05) is 44.2 Å². The highest BCUT2D eigenvalue weighted by Gasteiger charge is 2.17. The summed E-state index contributed by atoms with van der Waals surface area (Å²) in [5.41, 5.74) is 2.21. The van der Waals surface area contributed by atoms with Gasteiger partial charge < -0.3 is 19.5 Å². The van der Waals surface area contributed by atoms with Crippen molar-refractivity contribution in [1.29, 1.82) is 0 Å². The Labute approximate surface area is 173 Å². The summed E-state index contributed by atoms with van der Waals surface area (Å²) in [6.45, 7) is 5.96. The van der Waals surface area contributed by atoms with Crippen LogP contribution in [0.15, 0.2) is 60.9 Å². The van der Waals surface area contributed by atoms with Gasteiger partial charge in [0, 0.05) is 31.9 Å². The number of ether oxygens (including phenoxy) is 2. The van der Waals surface area contributed by atoms with Crippen molar-refractivity contribution in [2.45, 2.75) is 25.4 Å². The number of para-hydroxylation sites is 1. The van der Waals surface area contributed by atoms with Gasteiger partial charge in [-0.3, -0.25) is 4.90 Å². The fourth-order valence-corrected chi connectivity index (χ4v) is 3.95. The molecule has 1 unspecified atom stereocenters. The van der Waals surface area contributed by atoms with Crippen molar-refractivity contribution in [3.8, 4) is 11.5 Å². The molecule has 0 bridgehead atoms. The van der Waals surface area contributed by atoms with E-state index in [9.17, 15) is 5.11 Å². The van der Waals surface area contributed by atoms with E-state index >= 15 is 0 Å². The van der Waals surface area contributed by atoms with E-state index in [2.05, 4.69) is 40.1 Å². The Morgan fingerprint density at radius 3 is 2.59 bits per heavy atom. The van der Waals surface area contributed by atoms with Crippen molar-refractivity contribution < 1.29 is 14.6 Å². The van der Waals surface area contributed by atoms with Gasteiger partial charge in [-0.2, -0.15) is 0 Å². The minimum absolute atomic E-state index is 0.463. The lowest BCUT2D eigenvalue weighted by atomic mass is 10.0. The number of fused-ring (bicyclic) bond motifs is 1. The summed E-state index contributed by atoms with van der Waals surface area (Å²) < 4.78 is 11.1. The minimum Gasteiger partial charge on any atom is -0.485 e. The van der Waals surface area contributed by atoms with Gasteiger partial charge in [-0.15, -0.1) is 0 Å². The summed E-state index contributed by atoms with van der Waals surface area (Å²) in [7, 11) is 0. The molecule has 1 fully saturated rings. The molecule has 29 heavy (non-hydrogen) atoms. The summed E-state index contributed by atoms with van der Waals surface area (Å²) in [5, 5.41) is 10.6. The number of aliphatic hydroxyl groups excluding tert-OH is 1. The second kappa shape index (κ2) is 9.81. The average Bonchev–Trinajstić information content (AvgIpc) is 3.02. The maximum absolute atomic E-state index is 10.6. The Hall–Kier alpha value is -2.50. The lowest BCUT2D eigenvalue weighted by molar-refractivity contribution is 0.159. The van der Waals surface area contributed by atoms with E-state index in [0.29, 0.717) is 18.1 Å². The molecule has 0 amide bonds. The van der Waals surface area contributed by atoms with Crippen LogP contribution in [-0.2, 0) is 0 Å². The number of hydrogen-bond donors (Lipinski definition) is 1. The van der Waals surface area contributed by atoms with E-state index in [-0.39, 0.29) is 0 Å².